The van der Waals surface area contributed by atoms with Gasteiger partial charge in [0.2, 0.25) is 0 Å². The van der Waals surface area contributed by atoms with Crippen LogP contribution in [0.15, 0.2) is 24.5 Å². The van der Waals surface area contributed by atoms with Gasteiger partial charge in [-0.25, -0.2) is 9.48 Å². The molecule has 3 rings (SSSR count). The Balaban J connectivity index is 1.58. The summed E-state index contributed by atoms with van der Waals surface area (Å²) in [6, 6.07) is 3.88. The van der Waals surface area contributed by atoms with E-state index in [2.05, 4.69) is 41.9 Å². The third-order valence-corrected chi connectivity index (χ3v) is 6.84. The second-order valence-corrected chi connectivity index (χ2v) is 11.7. The van der Waals surface area contributed by atoms with Gasteiger partial charge < -0.3 is 19.9 Å². The van der Waals surface area contributed by atoms with E-state index in [4.69, 9.17) is 16.3 Å². The predicted octanol–water partition coefficient (Wildman–Crippen LogP) is 6.44. The van der Waals surface area contributed by atoms with Crippen molar-refractivity contribution in [1.29, 1.82) is 0 Å². The minimum Gasteiger partial charge on any atom is -0.446 e. The van der Waals surface area contributed by atoms with Crippen molar-refractivity contribution in [2.24, 2.45) is 0 Å². The van der Waals surface area contributed by atoms with Gasteiger partial charge in [0.15, 0.2) is 0 Å². The van der Waals surface area contributed by atoms with Gasteiger partial charge in [-0.15, -0.1) is 12.3 Å². The summed E-state index contributed by atoms with van der Waals surface area (Å²) in [6.45, 7) is 10.9. The number of amides is 2. The monoisotopic (exact) mass is 523 g/mol. The van der Waals surface area contributed by atoms with Crippen LogP contribution in [0.1, 0.15) is 114 Å². The van der Waals surface area contributed by atoms with E-state index in [0.29, 0.717) is 11.4 Å². The van der Waals surface area contributed by atoms with Gasteiger partial charge >= 0.3 is 6.09 Å². The van der Waals surface area contributed by atoms with E-state index in [0.717, 1.165) is 57.2 Å². The first-order valence-electron chi connectivity index (χ1n) is 14.0. The van der Waals surface area contributed by atoms with E-state index < -0.39 is 0 Å². The summed E-state index contributed by atoms with van der Waals surface area (Å²) >= 11 is 0. The van der Waals surface area contributed by atoms with Gasteiger partial charge in [0.25, 0.3) is 5.91 Å². The molecule has 2 amide bonds. The maximum atomic E-state index is 13.1. The molecule has 2 aromatic heterocycles. The number of aryl methyl sites for hydroxylation is 1. The summed E-state index contributed by atoms with van der Waals surface area (Å²) < 4.78 is 9.56. The van der Waals surface area contributed by atoms with E-state index in [1.54, 1.807) is 0 Å². The highest BCUT2D eigenvalue weighted by molar-refractivity contribution is 6.03. The van der Waals surface area contributed by atoms with Crippen LogP contribution in [0.3, 0.4) is 0 Å². The van der Waals surface area contributed by atoms with Crippen LogP contribution in [0, 0.1) is 12.3 Å². The molecule has 1 saturated carbocycles. The van der Waals surface area contributed by atoms with E-state index in [-0.39, 0.29) is 35.6 Å². The molecule has 1 aliphatic carbocycles. The van der Waals surface area contributed by atoms with Crippen molar-refractivity contribution in [2.45, 2.75) is 123 Å². The van der Waals surface area contributed by atoms with Gasteiger partial charge in [0.05, 0.1) is 16.8 Å². The van der Waals surface area contributed by atoms with Crippen LogP contribution in [0.5, 0.6) is 0 Å². The average molecular weight is 524 g/mol. The number of rotatable bonds is 12. The topological polar surface area (TPSA) is 90.2 Å². The fourth-order valence-electron chi connectivity index (χ4n) is 4.89. The number of hydrogen-bond donors (Lipinski definition) is 2. The van der Waals surface area contributed by atoms with Crippen LogP contribution >= 0.6 is 0 Å². The lowest BCUT2D eigenvalue weighted by Crippen LogP contribution is -2.33. The highest BCUT2D eigenvalue weighted by atomic mass is 16.6. The second-order valence-electron chi connectivity index (χ2n) is 11.7. The smallest absolute Gasteiger partial charge is 0.407 e. The van der Waals surface area contributed by atoms with Gasteiger partial charge in [-0.1, -0.05) is 19.3 Å². The molecular weight excluding hydrogens is 478 g/mol. The number of anilines is 1. The van der Waals surface area contributed by atoms with Crippen molar-refractivity contribution in [3.63, 3.8) is 0 Å². The van der Waals surface area contributed by atoms with Crippen molar-refractivity contribution in [3.8, 4) is 12.3 Å². The first-order chi connectivity index (χ1) is 18.1. The Hall–Kier alpha value is -3.21. The zero-order valence-corrected chi connectivity index (χ0v) is 23.8. The number of carbonyl (C=O) groups is 2. The van der Waals surface area contributed by atoms with E-state index in [1.807, 2.05) is 43.1 Å². The Kier molecular flexibility index (Phi) is 10.5. The zero-order valence-electron chi connectivity index (χ0n) is 23.8. The lowest BCUT2D eigenvalue weighted by Gasteiger charge is -2.22. The highest BCUT2D eigenvalue weighted by Gasteiger charge is 2.32. The molecule has 8 heteroatoms. The molecule has 8 nitrogen and oxygen atoms in total. The minimum atomic E-state index is -0.370. The molecule has 0 bridgehead atoms. The Bertz CT molecular complexity index is 1100. The number of terminal acetylenes is 1. The first kappa shape index (κ1) is 29.3. The fraction of sp³-hybridized carbons (Fsp3) is 0.633. The van der Waals surface area contributed by atoms with Gasteiger partial charge in [0, 0.05) is 43.4 Å². The predicted molar refractivity (Wildman–Crippen MR) is 151 cm³/mol. The van der Waals surface area contributed by atoms with Gasteiger partial charge in [-0.2, -0.15) is 5.10 Å². The third kappa shape index (κ3) is 8.68. The largest absolute Gasteiger partial charge is 0.446 e. The second kappa shape index (κ2) is 13.5. The minimum absolute atomic E-state index is 0.0415. The first-order valence-corrected chi connectivity index (χ1v) is 14.0. The molecule has 0 spiro atoms. The van der Waals surface area contributed by atoms with Crippen LogP contribution < -0.4 is 10.6 Å². The summed E-state index contributed by atoms with van der Waals surface area (Å²) in [4.78, 5) is 25.1. The quantitative estimate of drug-likeness (QED) is 0.248. The summed E-state index contributed by atoms with van der Waals surface area (Å²) in [7, 11) is 0. The van der Waals surface area contributed by atoms with Crippen LogP contribution in [-0.2, 0) is 16.8 Å². The molecule has 38 heavy (non-hydrogen) atoms. The van der Waals surface area contributed by atoms with Crippen LogP contribution in [0.2, 0.25) is 0 Å². The Labute approximate surface area is 227 Å². The molecule has 1 fully saturated rings. The number of nitrogens with one attached hydrogen (secondary N) is 2. The Morgan fingerprint density at radius 3 is 2.63 bits per heavy atom. The number of nitrogens with zero attached hydrogens (tertiary/aromatic N) is 3. The third-order valence-electron chi connectivity index (χ3n) is 6.84. The maximum Gasteiger partial charge on any atom is 0.407 e. The number of aromatic nitrogens is 3. The number of alkyl carbamates (subject to hydrolysis) is 1. The molecule has 2 aromatic rings. The van der Waals surface area contributed by atoms with E-state index >= 15 is 0 Å². The molecule has 0 saturated heterocycles. The molecule has 0 aliphatic heterocycles. The fourth-order valence-corrected chi connectivity index (χ4v) is 4.89. The number of unbranched alkanes of at least 4 members (excludes halogenated alkanes) is 5. The molecule has 1 aliphatic rings. The Morgan fingerprint density at radius 2 is 1.92 bits per heavy atom. The molecule has 0 unspecified atom stereocenters. The number of hydrogen-bond acceptors (Lipinski definition) is 4. The van der Waals surface area contributed by atoms with Crippen molar-refractivity contribution in [2.75, 3.05) is 5.32 Å². The lowest BCUT2D eigenvalue weighted by molar-refractivity contribution is 0.0979. The van der Waals surface area contributed by atoms with Crippen LogP contribution in [0.25, 0.3) is 0 Å². The van der Waals surface area contributed by atoms with Crippen molar-refractivity contribution < 1.29 is 14.3 Å². The molecule has 0 radical (unpaired) electrons. The molecule has 2 heterocycles. The van der Waals surface area contributed by atoms with E-state index in [1.165, 1.54) is 12.8 Å². The van der Waals surface area contributed by atoms with Gasteiger partial charge in [-0.05, 0) is 72.8 Å². The molecular formula is C30H45N5O3. The highest BCUT2D eigenvalue weighted by Crippen LogP contribution is 2.37. The zero-order chi connectivity index (χ0) is 27.7. The van der Waals surface area contributed by atoms with Gasteiger partial charge in [0.1, 0.15) is 11.9 Å². The van der Waals surface area contributed by atoms with Crippen molar-refractivity contribution in [1.82, 2.24) is 19.7 Å². The van der Waals surface area contributed by atoms with Gasteiger partial charge in [-0.3, -0.25) is 4.79 Å². The Morgan fingerprint density at radius 1 is 1.18 bits per heavy atom. The normalized spacial score (nSPS) is 17.4. The average Bonchev–Trinajstić information content (AvgIpc) is 3.57. The van der Waals surface area contributed by atoms with Crippen molar-refractivity contribution in [3.05, 3.63) is 35.8 Å². The number of carbonyl (C=O) groups excluding carboxylic acids is 2. The van der Waals surface area contributed by atoms with Crippen molar-refractivity contribution >= 4 is 17.8 Å². The molecule has 2 atom stereocenters. The summed E-state index contributed by atoms with van der Waals surface area (Å²) in [5.74, 6) is 3.40. The summed E-state index contributed by atoms with van der Waals surface area (Å²) in [6.07, 6.45) is 17.7. The number of ether oxygens (including phenoxy) is 1. The molecule has 208 valence electrons. The standard InChI is InChI=1S/C30H45N5O3/c1-7-8-9-10-11-12-13-17-34-18-16-24(21-34)28(36)32-27-20-26(33-35(27)30(4,5)6)23-14-15-25(19-23)38-29(37)31-22(2)3/h1,16,18,20-23,25H,8-15,17,19H2,2-6H3,(H,31,37)(H,32,36)/t23-,25+/m0/s1. The maximum absolute atomic E-state index is 13.1. The van der Waals surface area contributed by atoms with Crippen LogP contribution in [0.4, 0.5) is 10.6 Å². The van der Waals surface area contributed by atoms with Crippen LogP contribution in [-0.4, -0.2) is 38.5 Å². The summed E-state index contributed by atoms with van der Waals surface area (Å²) in [5, 5.41) is 10.8. The van der Waals surface area contributed by atoms with E-state index in [9.17, 15) is 9.59 Å². The molecule has 2 N–H and O–H groups in total. The lowest BCUT2D eigenvalue weighted by atomic mass is 10.0. The summed E-state index contributed by atoms with van der Waals surface area (Å²) in [5.41, 5.74) is 1.25. The SMILES string of the molecule is C#CCCCCCCCn1ccc(C(=O)Nc2cc([C@H]3CC[C@@H](OC(=O)NC(C)C)C3)nn2C(C)(C)C)c1. The molecule has 0 aromatic carbocycles.